The number of nitrogens with zero attached hydrogens (tertiary/aromatic N) is 1. The molecule has 3 N–H and O–H groups in total. The maximum Gasteiger partial charge on any atom is 0.253 e. The van der Waals surface area contributed by atoms with Crippen LogP contribution in [0.4, 0.5) is 5.69 Å². The second-order valence-corrected chi connectivity index (χ2v) is 4.40. The lowest BCUT2D eigenvalue weighted by Crippen LogP contribution is -2.53. The quantitative estimate of drug-likeness (QED) is 0.813. The molecular weight excluding hydrogens is 202 g/mol. The van der Waals surface area contributed by atoms with E-state index in [0.717, 1.165) is 19.3 Å². The first-order chi connectivity index (χ1) is 7.67. The van der Waals surface area contributed by atoms with E-state index >= 15 is 0 Å². The number of aromatic nitrogens is 1. The Balaban J connectivity index is 2.11. The first kappa shape index (κ1) is 10.9. The van der Waals surface area contributed by atoms with E-state index in [-0.39, 0.29) is 11.4 Å². The van der Waals surface area contributed by atoms with Gasteiger partial charge in [-0.1, -0.05) is 6.92 Å². The van der Waals surface area contributed by atoms with Crippen molar-refractivity contribution >= 4 is 11.6 Å². The van der Waals surface area contributed by atoms with Crippen LogP contribution in [-0.4, -0.2) is 16.4 Å². The minimum atomic E-state index is -0.0820. The molecule has 1 aromatic rings. The van der Waals surface area contributed by atoms with Gasteiger partial charge in [0.05, 0.1) is 17.4 Å². The van der Waals surface area contributed by atoms with Crippen molar-refractivity contribution in [1.29, 1.82) is 0 Å². The molecule has 4 nitrogen and oxygen atoms in total. The molecule has 16 heavy (non-hydrogen) atoms. The Hall–Kier alpha value is -1.58. The molecule has 4 heteroatoms. The number of anilines is 1. The summed E-state index contributed by atoms with van der Waals surface area (Å²) in [6.07, 6.45) is 7.41. The third-order valence-corrected chi connectivity index (χ3v) is 3.46. The van der Waals surface area contributed by atoms with Gasteiger partial charge in [-0.05, 0) is 31.7 Å². The van der Waals surface area contributed by atoms with Crippen LogP contribution in [0.1, 0.15) is 43.0 Å². The summed E-state index contributed by atoms with van der Waals surface area (Å²) in [5.74, 6) is -0.0820. The summed E-state index contributed by atoms with van der Waals surface area (Å²) in [7, 11) is 0. The number of hydrogen-bond donors (Lipinski definition) is 2. The molecule has 0 radical (unpaired) electrons. The fourth-order valence-electron chi connectivity index (χ4n) is 2.09. The lowest BCUT2D eigenvalue weighted by molar-refractivity contribution is 0.0821. The third kappa shape index (κ3) is 1.87. The van der Waals surface area contributed by atoms with Crippen LogP contribution in [0.15, 0.2) is 18.5 Å². The van der Waals surface area contributed by atoms with E-state index in [0.29, 0.717) is 11.3 Å². The minimum absolute atomic E-state index is 0.00674. The molecule has 1 saturated carbocycles. The van der Waals surface area contributed by atoms with Gasteiger partial charge in [0.25, 0.3) is 5.91 Å². The van der Waals surface area contributed by atoms with Gasteiger partial charge in [-0.3, -0.25) is 9.78 Å². The Morgan fingerprint density at radius 1 is 1.62 bits per heavy atom. The van der Waals surface area contributed by atoms with Crippen LogP contribution >= 0.6 is 0 Å². The normalized spacial score (nSPS) is 17.6. The molecule has 86 valence electrons. The number of nitrogen functional groups attached to an aromatic ring is 1. The third-order valence-electron chi connectivity index (χ3n) is 3.46. The van der Waals surface area contributed by atoms with E-state index in [1.54, 1.807) is 12.3 Å². The average molecular weight is 219 g/mol. The average Bonchev–Trinajstić information content (AvgIpc) is 2.24. The number of nitrogens with two attached hydrogens (primary N) is 1. The highest BCUT2D eigenvalue weighted by atomic mass is 16.1. The van der Waals surface area contributed by atoms with Crippen molar-refractivity contribution in [3.8, 4) is 0 Å². The highest BCUT2D eigenvalue weighted by molar-refractivity contribution is 5.99. The van der Waals surface area contributed by atoms with Gasteiger partial charge in [-0.15, -0.1) is 0 Å². The molecule has 1 aliphatic carbocycles. The maximum absolute atomic E-state index is 12.0. The molecule has 0 unspecified atom stereocenters. The second kappa shape index (κ2) is 4.12. The highest BCUT2D eigenvalue weighted by Gasteiger charge is 2.36. The van der Waals surface area contributed by atoms with Crippen LogP contribution in [0.5, 0.6) is 0 Å². The summed E-state index contributed by atoms with van der Waals surface area (Å²) in [5, 5.41) is 3.09. The Morgan fingerprint density at radius 3 is 2.88 bits per heavy atom. The molecule has 1 fully saturated rings. The first-order valence-electron chi connectivity index (χ1n) is 5.69. The fraction of sp³-hybridized carbons (Fsp3) is 0.500. The first-order valence-corrected chi connectivity index (χ1v) is 5.69. The summed E-state index contributed by atoms with van der Waals surface area (Å²) in [5.41, 5.74) is 6.68. The van der Waals surface area contributed by atoms with E-state index < -0.39 is 0 Å². The number of pyridine rings is 1. The standard InChI is InChI=1S/C12H17N3O/c1-2-12(5-3-6-12)15-11(16)9-4-7-14-8-10(9)13/h4,7-8H,2-3,5-6,13H2,1H3,(H,15,16). The van der Waals surface area contributed by atoms with Gasteiger partial charge in [-0.25, -0.2) is 0 Å². The van der Waals surface area contributed by atoms with Gasteiger partial charge in [0.1, 0.15) is 0 Å². The lowest BCUT2D eigenvalue weighted by Gasteiger charge is -2.42. The Morgan fingerprint density at radius 2 is 2.38 bits per heavy atom. The molecule has 0 aliphatic heterocycles. The molecular formula is C12H17N3O. The molecule has 1 amide bonds. The maximum atomic E-state index is 12.0. The monoisotopic (exact) mass is 219 g/mol. The molecule has 0 spiro atoms. The van der Waals surface area contributed by atoms with E-state index in [2.05, 4.69) is 17.2 Å². The van der Waals surface area contributed by atoms with Crippen molar-refractivity contribution in [2.75, 3.05) is 5.73 Å². The number of rotatable bonds is 3. The van der Waals surface area contributed by atoms with Crippen LogP contribution in [0.2, 0.25) is 0 Å². The van der Waals surface area contributed by atoms with Gasteiger partial charge >= 0.3 is 0 Å². The zero-order valence-electron chi connectivity index (χ0n) is 9.49. The Labute approximate surface area is 95.3 Å². The van der Waals surface area contributed by atoms with Gasteiger partial charge < -0.3 is 11.1 Å². The Bertz CT molecular complexity index is 393. The molecule has 0 atom stereocenters. The number of nitrogens with one attached hydrogen (secondary N) is 1. The molecule has 1 aliphatic rings. The molecule has 0 saturated heterocycles. The number of hydrogen-bond acceptors (Lipinski definition) is 3. The van der Waals surface area contributed by atoms with Crippen LogP contribution in [0.25, 0.3) is 0 Å². The zero-order chi connectivity index (χ0) is 11.6. The van der Waals surface area contributed by atoms with Gasteiger partial charge in [-0.2, -0.15) is 0 Å². The van der Waals surface area contributed by atoms with Gasteiger partial charge in [0, 0.05) is 11.7 Å². The second-order valence-electron chi connectivity index (χ2n) is 4.40. The zero-order valence-corrected chi connectivity index (χ0v) is 9.49. The van der Waals surface area contributed by atoms with Crippen molar-refractivity contribution in [3.63, 3.8) is 0 Å². The largest absolute Gasteiger partial charge is 0.397 e. The van der Waals surface area contributed by atoms with Crippen LogP contribution in [0, 0.1) is 0 Å². The van der Waals surface area contributed by atoms with Crippen molar-refractivity contribution in [1.82, 2.24) is 10.3 Å². The number of carbonyl (C=O) groups is 1. The fourth-order valence-corrected chi connectivity index (χ4v) is 2.09. The van der Waals surface area contributed by atoms with Crippen molar-refractivity contribution in [3.05, 3.63) is 24.0 Å². The molecule has 0 bridgehead atoms. The van der Waals surface area contributed by atoms with Crippen LogP contribution < -0.4 is 11.1 Å². The van der Waals surface area contributed by atoms with Gasteiger partial charge in [0.2, 0.25) is 0 Å². The molecule has 1 heterocycles. The minimum Gasteiger partial charge on any atom is -0.397 e. The Kier molecular flexibility index (Phi) is 2.81. The van der Waals surface area contributed by atoms with Crippen molar-refractivity contribution < 1.29 is 4.79 Å². The molecule has 1 aromatic heterocycles. The summed E-state index contributed by atoms with van der Waals surface area (Å²) >= 11 is 0. The van der Waals surface area contributed by atoms with E-state index in [9.17, 15) is 4.79 Å². The van der Waals surface area contributed by atoms with Crippen LogP contribution in [-0.2, 0) is 0 Å². The van der Waals surface area contributed by atoms with E-state index in [1.165, 1.54) is 12.6 Å². The topological polar surface area (TPSA) is 68.0 Å². The summed E-state index contributed by atoms with van der Waals surface area (Å²) in [4.78, 5) is 15.9. The lowest BCUT2D eigenvalue weighted by atomic mass is 9.74. The SMILES string of the molecule is CCC1(NC(=O)c2ccncc2N)CCC1. The van der Waals surface area contributed by atoms with E-state index in [4.69, 9.17) is 5.73 Å². The summed E-state index contributed by atoms with van der Waals surface area (Å²) in [6, 6.07) is 1.66. The van der Waals surface area contributed by atoms with Crippen molar-refractivity contribution in [2.45, 2.75) is 38.1 Å². The number of carbonyl (C=O) groups excluding carboxylic acids is 1. The van der Waals surface area contributed by atoms with Gasteiger partial charge in [0.15, 0.2) is 0 Å². The smallest absolute Gasteiger partial charge is 0.253 e. The molecule has 0 aromatic carbocycles. The summed E-state index contributed by atoms with van der Waals surface area (Å²) < 4.78 is 0. The predicted octanol–water partition coefficient (Wildman–Crippen LogP) is 1.73. The van der Waals surface area contributed by atoms with E-state index in [1.807, 2.05) is 0 Å². The van der Waals surface area contributed by atoms with Crippen LogP contribution in [0.3, 0.4) is 0 Å². The van der Waals surface area contributed by atoms with Crippen molar-refractivity contribution in [2.24, 2.45) is 0 Å². The number of amides is 1. The highest BCUT2D eigenvalue weighted by Crippen LogP contribution is 2.34. The predicted molar refractivity (Wildman–Crippen MR) is 63.0 cm³/mol. The molecule has 2 rings (SSSR count). The summed E-state index contributed by atoms with van der Waals surface area (Å²) in [6.45, 7) is 2.11.